The molecule has 1 unspecified atom stereocenters. The van der Waals surface area contributed by atoms with Gasteiger partial charge in [0, 0.05) is 32.1 Å². The van der Waals surface area contributed by atoms with Crippen LogP contribution in [-0.2, 0) is 4.79 Å². The molecule has 2 aliphatic heterocycles. The molecule has 2 heterocycles. The van der Waals surface area contributed by atoms with Crippen molar-refractivity contribution in [3.63, 3.8) is 0 Å². The Kier molecular flexibility index (Phi) is 5.01. The van der Waals surface area contributed by atoms with Gasteiger partial charge in [-0.2, -0.15) is 0 Å². The van der Waals surface area contributed by atoms with Crippen LogP contribution in [0.25, 0.3) is 0 Å². The number of carbonyl (C=O) groups excluding carboxylic acids is 1. The van der Waals surface area contributed by atoms with Crippen molar-refractivity contribution in [3.8, 4) is 0 Å². The first-order valence-electron chi connectivity index (χ1n) is 7.39. The SMILES string of the molecule is CCC1CN(C(=O)CC2CCNCC2)CCN1C. The number of amides is 1. The second kappa shape index (κ2) is 6.53. The van der Waals surface area contributed by atoms with Crippen LogP contribution in [0.4, 0.5) is 0 Å². The summed E-state index contributed by atoms with van der Waals surface area (Å²) in [4.78, 5) is 16.8. The maximum Gasteiger partial charge on any atom is 0.222 e. The first kappa shape index (κ1) is 13.8. The molecule has 1 N–H and O–H groups in total. The van der Waals surface area contributed by atoms with Crippen LogP contribution in [0.2, 0.25) is 0 Å². The highest BCUT2D eigenvalue weighted by Gasteiger charge is 2.27. The van der Waals surface area contributed by atoms with Crippen LogP contribution in [0.5, 0.6) is 0 Å². The van der Waals surface area contributed by atoms with E-state index in [-0.39, 0.29) is 0 Å². The van der Waals surface area contributed by atoms with Crippen molar-refractivity contribution in [3.05, 3.63) is 0 Å². The average molecular weight is 253 g/mol. The number of carbonyl (C=O) groups is 1. The van der Waals surface area contributed by atoms with E-state index >= 15 is 0 Å². The normalized spacial score (nSPS) is 27.4. The number of piperazine rings is 1. The number of nitrogens with zero attached hydrogens (tertiary/aromatic N) is 2. The lowest BCUT2D eigenvalue weighted by molar-refractivity contribution is -0.135. The van der Waals surface area contributed by atoms with E-state index in [4.69, 9.17) is 0 Å². The molecule has 0 saturated carbocycles. The Balaban J connectivity index is 1.81. The molecule has 0 aromatic carbocycles. The maximum atomic E-state index is 12.3. The number of piperidine rings is 1. The number of hydrogen-bond acceptors (Lipinski definition) is 3. The third kappa shape index (κ3) is 3.45. The number of nitrogens with one attached hydrogen (secondary N) is 1. The summed E-state index contributed by atoms with van der Waals surface area (Å²) >= 11 is 0. The maximum absolute atomic E-state index is 12.3. The van der Waals surface area contributed by atoms with Gasteiger partial charge in [-0.1, -0.05) is 6.92 Å². The van der Waals surface area contributed by atoms with E-state index in [1.54, 1.807) is 0 Å². The lowest BCUT2D eigenvalue weighted by atomic mass is 9.94. The van der Waals surface area contributed by atoms with Crippen LogP contribution < -0.4 is 5.32 Å². The fraction of sp³-hybridized carbons (Fsp3) is 0.929. The fourth-order valence-corrected chi connectivity index (χ4v) is 3.08. The Labute approximate surface area is 111 Å². The Morgan fingerprint density at radius 3 is 2.67 bits per heavy atom. The van der Waals surface area contributed by atoms with Crippen LogP contribution >= 0.6 is 0 Å². The van der Waals surface area contributed by atoms with Gasteiger partial charge in [-0.3, -0.25) is 9.69 Å². The third-order valence-corrected chi connectivity index (χ3v) is 4.52. The van der Waals surface area contributed by atoms with Crippen molar-refractivity contribution in [1.82, 2.24) is 15.1 Å². The molecule has 0 spiro atoms. The number of likely N-dealkylation sites (N-methyl/N-ethyl adjacent to an activating group) is 1. The summed E-state index contributed by atoms with van der Waals surface area (Å²) in [6.45, 7) is 7.24. The van der Waals surface area contributed by atoms with Crippen molar-refractivity contribution in [1.29, 1.82) is 0 Å². The molecule has 104 valence electrons. The van der Waals surface area contributed by atoms with Crippen molar-refractivity contribution in [2.24, 2.45) is 5.92 Å². The van der Waals surface area contributed by atoms with Crippen molar-refractivity contribution in [2.45, 2.75) is 38.6 Å². The lowest BCUT2D eigenvalue weighted by Gasteiger charge is -2.39. The Morgan fingerprint density at radius 2 is 2.00 bits per heavy atom. The van der Waals surface area contributed by atoms with Gasteiger partial charge in [-0.15, -0.1) is 0 Å². The molecule has 0 radical (unpaired) electrons. The fourth-order valence-electron chi connectivity index (χ4n) is 3.08. The summed E-state index contributed by atoms with van der Waals surface area (Å²) in [5, 5.41) is 3.36. The summed E-state index contributed by atoms with van der Waals surface area (Å²) in [5.41, 5.74) is 0. The van der Waals surface area contributed by atoms with E-state index in [1.807, 2.05) is 0 Å². The topological polar surface area (TPSA) is 35.6 Å². The van der Waals surface area contributed by atoms with Gasteiger partial charge in [0.05, 0.1) is 0 Å². The van der Waals surface area contributed by atoms with Gasteiger partial charge in [-0.25, -0.2) is 0 Å². The Hall–Kier alpha value is -0.610. The van der Waals surface area contributed by atoms with Gasteiger partial charge in [0.15, 0.2) is 0 Å². The van der Waals surface area contributed by atoms with E-state index in [9.17, 15) is 4.79 Å². The van der Waals surface area contributed by atoms with Gasteiger partial charge in [0.25, 0.3) is 0 Å². The molecule has 18 heavy (non-hydrogen) atoms. The highest BCUT2D eigenvalue weighted by atomic mass is 16.2. The van der Waals surface area contributed by atoms with Crippen LogP contribution in [0, 0.1) is 5.92 Å². The summed E-state index contributed by atoms with van der Waals surface area (Å²) in [6.07, 6.45) is 4.23. The summed E-state index contributed by atoms with van der Waals surface area (Å²) < 4.78 is 0. The molecular weight excluding hydrogens is 226 g/mol. The number of hydrogen-bond donors (Lipinski definition) is 1. The monoisotopic (exact) mass is 253 g/mol. The minimum absolute atomic E-state index is 0.383. The third-order valence-electron chi connectivity index (χ3n) is 4.52. The molecule has 0 bridgehead atoms. The summed E-state index contributed by atoms with van der Waals surface area (Å²) in [5.74, 6) is 0.993. The molecule has 0 aliphatic carbocycles. The van der Waals surface area contributed by atoms with Gasteiger partial charge in [-0.05, 0) is 45.3 Å². The molecule has 0 aromatic heterocycles. The van der Waals surface area contributed by atoms with E-state index in [2.05, 4.69) is 29.1 Å². The molecule has 2 saturated heterocycles. The largest absolute Gasteiger partial charge is 0.340 e. The smallest absolute Gasteiger partial charge is 0.222 e. The summed E-state index contributed by atoms with van der Waals surface area (Å²) in [6, 6.07) is 0.552. The van der Waals surface area contributed by atoms with E-state index in [0.29, 0.717) is 17.9 Å². The van der Waals surface area contributed by atoms with Crippen molar-refractivity contribution >= 4 is 5.91 Å². The van der Waals surface area contributed by atoms with Crippen LogP contribution in [0.3, 0.4) is 0 Å². The van der Waals surface area contributed by atoms with Gasteiger partial charge in [0.1, 0.15) is 0 Å². The standard InChI is InChI=1S/C14H27N3O/c1-3-13-11-17(9-8-16(13)2)14(18)10-12-4-6-15-7-5-12/h12-13,15H,3-11H2,1-2H3. The zero-order valence-corrected chi connectivity index (χ0v) is 11.8. The molecule has 2 fully saturated rings. The van der Waals surface area contributed by atoms with E-state index in [0.717, 1.165) is 58.4 Å². The molecule has 1 amide bonds. The highest BCUT2D eigenvalue weighted by molar-refractivity contribution is 5.76. The van der Waals surface area contributed by atoms with Crippen LogP contribution in [-0.4, -0.2) is 61.5 Å². The van der Waals surface area contributed by atoms with Gasteiger partial charge in [0.2, 0.25) is 5.91 Å². The first-order valence-corrected chi connectivity index (χ1v) is 7.39. The van der Waals surface area contributed by atoms with E-state index < -0.39 is 0 Å². The predicted molar refractivity (Wildman–Crippen MR) is 73.5 cm³/mol. The molecule has 2 aliphatic rings. The zero-order chi connectivity index (χ0) is 13.0. The molecule has 4 heteroatoms. The molecule has 1 atom stereocenters. The van der Waals surface area contributed by atoms with Gasteiger partial charge < -0.3 is 10.2 Å². The van der Waals surface area contributed by atoms with Crippen LogP contribution in [0.1, 0.15) is 32.6 Å². The van der Waals surface area contributed by atoms with Crippen molar-refractivity contribution in [2.75, 3.05) is 39.8 Å². The zero-order valence-electron chi connectivity index (χ0n) is 11.8. The average Bonchev–Trinajstić information content (AvgIpc) is 2.40. The van der Waals surface area contributed by atoms with Crippen molar-refractivity contribution < 1.29 is 4.79 Å². The minimum Gasteiger partial charge on any atom is -0.340 e. The number of rotatable bonds is 3. The minimum atomic E-state index is 0.383. The lowest BCUT2D eigenvalue weighted by Crippen LogP contribution is -2.53. The predicted octanol–water partition coefficient (Wildman–Crippen LogP) is 0.929. The second-order valence-electron chi connectivity index (χ2n) is 5.78. The second-order valence-corrected chi connectivity index (χ2v) is 5.78. The molecular formula is C14H27N3O. The first-order chi connectivity index (χ1) is 8.70. The quantitative estimate of drug-likeness (QED) is 0.813. The Morgan fingerprint density at radius 1 is 1.28 bits per heavy atom. The van der Waals surface area contributed by atoms with E-state index in [1.165, 1.54) is 0 Å². The van der Waals surface area contributed by atoms with Crippen LogP contribution in [0.15, 0.2) is 0 Å². The molecule has 4 nitrogen and oxygen atoms in total. The summed E-state index contributed by atoms with van der Waals surface area (Å²) in [7, 11) is 2.17. The highest BCUT2D eigenvalue weighted by Crippen LogP contribution is 2.19. The molecule has 2 rings (SSSR count). The Bertz CT molecular complexity index is 276. The van der Waals surface area contributed by atoms with Gasteiger partial charge >= 0.3 is 0 Å². The molecule has 0 aromatic rings.